The van der Waals surface area contributed by atoms with Crippen molar-refractivity contribution in [2.45, 2.75) is 25.8 Å². The Hall–Kier alpha value is -1.30. The first-order chi connectivity index (χ1) is 11.2. The highest BCUT2D eigenvalue weighted by atomic mass is 35.5. The van der Waals surface area contributed by atoms with Crippen LogP contribution in [0.2, 0.25) is 5.02 Å². The molecule has 0 spiro atoms. The number of rotatable bonds is 8. The van der Waals surface area contributed by atoms with Crippen molar-refractivity contribution in [3.8, 4) is 5.75 Å². The molecular formula is C17H25ClN2O3. The number of nitrogens with zero attached hydrogens (tertiary/aromatic N) is 2. The molecule has 0 radical (unpaired) electrons. The summed E-state index contributed by atoms with van der Waals surface area (Å²) in [5.41, 5.74) is 0. The molecule has 0 unspecified atom stereocenters. The second kappa shape index (κ2) is 9.11. The summed E-state index contributed by atoms with van der Waals surface area (Å²) >= 11 is 5.84. The van der Waals surface area contributed by atoms with Crippen LogP contribution in [0, 0.1) is 0 Å². The Labute approximate surface area is 142 Å². The number of amides is 1. The number of likely N-dealkylation sites (tertiary alicyclic amines) is 1. The third-order valence-corrected chi connectivity index (χ3v) is 4.43. The van der Waals surface area contributed by atoms with E-state index in [1.807, 2.05) is 0 Å². The SMILES string of the molecule is CCN1CCC[C@H]1C(=O)N(CCO)CCOc1ccc(Cl)cc1. The third-order valence-electron chi connectivity index (χ3n) is 4.18. The van der Waals surface area contributed by atoms with E-state index in [-0.39, 0.29) is 18.6 Å². The van der Waals surface area contributed by atoms with Crippen molar-refractivity contribution >= 4 is 17.5 Å². The first kappa shape index (κ1) is 18.0. The van der Waals surface area contributed by atoms with Crippen molar-refractivity contribution in [3.05, 3.63) is 29.3 Å². The molecule has 2 rings (SSSR count). The third kappa shape index (κ3) is 5.09. The molecule has 128 valence electrons. The molecule has 6 heteroatoms. The van der Waals surface area contributed by atoms with Crippen LogP contribution in [0.1, 0.15) is 19.8 Å². The topological polar surface area (TPSA) is 53.0 Å². The van der Waals surface area contributed by atoms with Crippen LogP contribution in [0.25, 0.3) is 0 Å². The van der Waals surface area contributed by atoms with Gasteiger partial charge >= 0.3 is 0 Å². The zero-order valence-electron chi connectivity index (χ0n) is 13.6. The molecule has 1 saturated heterocycles. The van der Waals surface area contributed by atoms with Crippen molar-refractivity contribution in [1.29, 1.82) is 0 Å². The minimum atomic E-state index is -0.0536. The monoisotopic (exact) mass is 340 g/mol. The Bertz CT molecular complexity index is 495. The minimum Gasteiger partial charge on any atom is -0.492 e. The molecule has 1 aliphatic heterocycles. The van der Waals surface area contributed by atoms with Crippen molar-refractivity contribution in [2.75, 3.05) is 39.4 Å². The molecule has 0 aromatic heterocycles. The van der Waals surface area contributed by atoms with E-state index >= 15 is 0 Å². The maximum atomic E-state index is 12.7. The Morgan fingerprint density at radius 3 is 2.78 bits per heavy atom. The van der Waals surface area contributed by atoms with Crippen LogP contribution in [-0.4, -0.2) is 66.2 Å². The van der Waals surface area contributed by atoms with Crippen molar-refractivity contribution in [2.24, 2.45) is 0 Å². The standard InChI is InChI=1S/C17H25ClN2O3/c1-2-19-9-3-4-16(19)17(22)20(10-12-21)11-13-23-15-7-5-14(18)6-8-15/h5-8,16,21H,2-4,9-13H2,1H3/t16-/m0/s1. The van der Waals surface area contributed by atoms with Gasteiger partial charge in [0.1, 0.15) is 12.4 Å². The van der Waals surface area contributed by atoms with Gasteiger partial charge in [-0.3, -0.25) is 9.69 Å². The molecule has 1 N–H and O–H groups in total. The number of benzene rings is 1. The summed E-state index contributed by atoms with van der Waals surface area (Å²) in [6.45, 7) is 5.10. The smallest absolute Gasteiger partial charge is 0.240 e. The minimum absolute atomic E-state index is 0.0362. The van der Waals surface area contributed by atoms with Gasteiger partial charge in [-0.15, -0.1) is 0 Å². The predicted molar refractivity (Wildman–Crippen MR) is 90.9 cm³/mol. The van der Waals surface area contributed by atoms with Gasteiger partial charge in [-0.1, -0.05) is 18.5 Å². The fourth-order valence-electron chi connectivity index (χ4n) is 2.95. The zero-order valence-corrected chi connectivity index (χ0v) is 14.3. The van der Waals surface area contributed by atoms with E-state index in [1.165, 1.54) is 0 Å². The van der Waals surface area contributed by atoms with E-state index < -0.39 is 0 Å². The van der Waals surface area contributed by atoms with E-state index in [2.05, 4.69) is 11.8 Å². The quantitative estimate of drug-likeness (QED) is 0.786. The van der Waals surface area contributed by atoms with E-state index in [0.717, 1.165) is 31.7 Å². The Morgan fingerprint density at radius 2 is 2.13 bits per heavy atom. The molecule has 1 aliphatic rings. The van der Waals surface area contributed by atoms with Crippen molar-refractivity contribution in [1.82, 2.24) is 9.80 Å². The number of carbonyl (C=O) groups is 1. The lowest BCUT2D eigenvalue weighted by Gasteiger charge is -2.29. The van der Waals surface area contributed by atoms with Crippen molar-refractivity contribution in [3.63, 3.8) is 0 Å². The summed E-state index contributed by atoms with van der Waals surface area (Å²) in [4.78, 5) is 16.6. The summed E-state index contributed by atoms with van der Waals surface area (Å²) < 4.78 is 5.66. The number of aliphatic hydroxyl groups is 1. The molecule has 1 aromatic rings. The van der Waals surface area contributed by atoms with Crippen LogP contribution < -0.4 is 4.74 Å². The largest absolute Gasteiger partial charge is 0.492 e. The van der Waals surface area contributed by atoms with Gasteiger partial charge in [0, 0.05) is 11.6 Å². The predicted octanol–water partition coefficient (Wildman–Crippen LogP) is 2.02. The Balaban J connectivity index is 1.87. The molecule has 1 atom stereocenters. The van der Waals surface area contributed by atoms with Gasteiger partial charge in [-0.25, -0.2) is 0 Å². The molecule has 5 nitrogen and oxygen atoms in total. The number of hydrogen-bond acceptors (Lipinski definition) is 4. The lowest BCUT2D eigenvalue weighted by Crippen LogP contribution is -2.47. The van der Waals surface area contributed by atoms with Crippen LogP contribution in [0.15, 0.2) is 24.3 Å². The zero-order chi connectivity index (χ0) is 16.7. The fraction of sp³-hybridized carbons (Fsp3) is 0.588. The molecule has 1 heterocycles. The summed E-state index contributed by atoms with van der Waals surface area (Å²) in [6, 6.07) is 7.09. The Morgan fingerprint density at radius 1 is 1.39 bits per heavy atom. The molecule has 23 heavy (non-hydrogen) atoms. The van der Waals surface area contributed by atoms with Gasteiger partial charge in [-0.2, -0.15) is 0 Å². The van der Waals surface area contributed by atoms with Crippen LogP contribution in [-0.2, 0) is 4.79 Å². The van der Waals surface area contributed by atoms with E-state index in [0.29, 0.717) is 24.7 Å². The first-order valence-corrected chi connectivity index (χ1v) is 8.55. The van der Waals surface area contributed by atoms with E-state index in [4.69, 9.17) is 16.3 Å². The summed E-state index contributed by atoms with van der Waals surface area (Å²) in [5, 5.41) is 9.90. The highest BCUT2D eigenvalue weighted by molar-refractivity contribution is 6.30. The molecular weight excluding hydrogens is 316 g/mol. The van der Waals surface area contributed by atoms with Gasteiger partial charge in [0.05, 0.1) is 19.2 Å². The van der Waals surface area contributed by atoms with Gasteiger partial charge in [0.15, 0.2) is 0 Å². The number of likely N-dealkylation sites (N-methyl/N-ethyl adjacent to an activating group) is 1. The average Bonchev–Trinajstić information content (AvgIpc) is 3.04. The Kier molecular flexibility index (Phi) is 7.15. The van der Waals surface area contributed by atoms with Crippen LogP contribution in [0.4, 0.5) is 0 Å². The van der Waals surface area contributed by atoms with E-state index in [1.54, 1.807) is 29.2 Å². The first-order valence-electron chi connectivity index (χ1n) is 8.17. The molecule has 0 aliphatic carbocycles. The number of carbonyl (C=O) groups excluding carboxylic acids is 1. The lowest BCUT2D eigenvalue weighted by atomic mass is 10.2. The second-order valence-electron chi connectivity index (χ2n) is 5.64. The van der Waals surface area contributed by atoms with Gasteiger partial charge < -0.3 is 14.7 Å². The molecule has 0 bridgehead atoms. The second-order valence-corrected chi connectivity index (χ2v) is 6.07. The van der Waals surface area contributed by atoms with Crippen LogP contribution in [0.5, 0.6) is 5.75 Å². The van der Waals surface area contributed by atoms with Crippen molar-refractivity contribution < 1.29 is 14.6 Å². The highest BCUT2D eigenvalue weighted by Crippen LogP contribution is 2.19. The summed E-state index contributed by atoms with van der Waals surface area (Å²) in [6.07, 6.45) is 1.95. The lowest BCUT2D eigenvalue weighted by molar-refractivity contribution is -0.136. The summed E-state index contributed by atoms with van der Waals surface area (Å²) in [7, 11) is 0. The molecule has 0 saturated carbocycles. The van der Waals surface area contributed by atoms with Crippen LogP contribution in [0.3, 0.4) is 0 Å². The number of hydrogen-bond donors (Lipinski definition) is 1. The maximum Gasteiger partial charge on any atom is 0.240 e. The highest BCUT2D eigenvalue weighted by Gasteiger charge is 2.32. The van der Waals surface area contributed by atoms with Crippen LogP contribution >= 0.6 is 11.6 Å². The van der Waals surface area contributed by atoms with Gasteiger partial charge in [0.2, 0.25) is 5.91 Å². The number of halogens is 1. The summed E-state index contributed by atoms with van der Waals surface area (Å²) in [5.74, 6) is 0.819. The molecule has 1 aromatic carbocycles. The van der Waals surface area contributed by atoms with Gasteiger partial charge in [0.25, 0.3) is 0 Å². The fourth-order valence-corrected chi connectivity index (χ4v) is 3.08. The number of aliphatic hydroxyl groups excluding tert-OH is 1. The van der Waals surface area contributed by atoms with Gasteiger partial charge in [-0.05, 0) is 50.2 Å². The average molecular weight is 341 g/mol. The maximum absolute atomic E-state index is 12.7. The number of ether oxygens (including phenoxy) is 1. The normalized spacial score (nSPS) is 18.1. The molecule has 1 amide bonds. The molecule has 1 fully saturated rings. The van der Waals surface area contributed by atoms with E-state index in [9.17, 15) is 9.90 Å².